The number of hydrogen-bond acceptors (Lipinski definition) is 4. The number of nitrogen functional groups attached to an aromatic ring is 1. The van der Waals surface area contributed by atoms with Crippen LogP contribution in [0.5, 0.6) is 5.75 Å². The summed E-state index contributed by atoms with van der Waals surface area (Å²) in [5.74, 6) is 1.10. The average Bonchev–Trinajstić information content (AvgIpc) is 2.22. The summed E-state index contributed by atoms with van der Waals surface area (Å²) in [6.07, 6.45) is 2.42. The highest BCUT2D eigenvalue weighted by molar-refractivity contribution is 5.96. The molecule has 0 saturated carbocycles. The smallest absolute Gasteiger partial charge is 0.266 e. The highest BCUT2D eigenvalue weighted by Crippen LogP contribution is 2.30. The topological polar surface area (TPSA) is 68.5 Å². The number of anilines is 2. The van der Waals surface area contributed by atoms with E-state index < -0.39 is 0 Å². The molecule has 1 aromatic heterocycles. The summed E-state index contributed by atoms with van der Waals surface area (Å²) in [4.78, 5) is 17.3. The van der Waals surface area contributed by atoms with E-state index in [1.807, 2.05) is 6.92 Å². The van der Waals surface area contributed by atoms with Gasteiger partial charge < -0.3 is 10.5 Å². The Bertz CT molecular complexity index is 392. The van der Waals surface area contributed by atoms with E-state index in [4.69, 9.17) is 10.5 Å². The van der Waals surface area contributed by atoms with E-state index >= 15 is 0 Å². The molecule has 80 valence electrons. The molecule has 1 aliphatic heterocycles. The molecule has 15 heavy (non-hydrogen) atoms. The van der Waals surface area contributed by atoms with Crippen molar-refractivity contribution in [2.24, 2.45) is 0 Å². The molecular formula is C10H13N3O2. The molecule has 0 spiro atoms. The molecule has 0 aliphatic carbocycles. The lowest BCUT2D eigenvalue weighted by Crippen LogP contribution is -2.39. The highest BCUT2D eigenvalue weighted by atomic mass is 16.5. The number of carbonyl (C=O) groups is 1. The fourth-order valence-corrected chi connectivity index (χ4v) is 1.55. The Hall–Kier alpha value is -1.78. The maximum Gasteiger partial charge on any atom is 0.266 e. The lowest BCUT2D eigenvalue weighted by atomic mass is 10.3. The zero-order valence-corrected chi connectivity index (χ0v) is 8.56. The van der Waals surface area contributed by atoms with Crippen molar-refractivity contribution < 1.29 is 9.53 Å². The number of rotatable bonds is 2. The summed E-state index contributed by atoms with van der Waals surface area (Å²) < 4.78 is 5.26. The van der Waals surface area contributed by atoms with Gasteiger partial charge in [0.05, 0.1) is 11.9 Å². The second kappa shape index (κ2) is 3.76. The normalized spacial score (nSPS) is 14.7. The molecule has 0 saturated heterocycles. The first-order chi connectivity index (χ1) is 7.22. The van der Waals surface area contributed by atoms with Crippen molar-refractivity contribution in [1.29, 1.82) is 0 Å². The molecule has 0 bridgehead atoms. The van der Waals surface area contributed by atoms with Crippen molar-refractivity contribution in [2.45, 2.75) is 13.3 Å². The van der Waals surface area contributed by atoms with E-state index in [0.29, 0.717) is 23.8 Å². The van der Waals surface area contributed by atoms with Crippen molar-refractivity contribution in [3.8, 4) is 5.75 Å². The summed E-state index contributed by atoms with van der Waals surface area (Å²) >= 11 is 0. The Kier molecular flexibility index (Phi) is 2.45. The fraction of sp³-hybridized carbons (Fsp3) is 0.400. The second-order valence-electron chi connectivity index (χ2n) is 3.42. The first-order valence-electron chi connectivity index (χ1n) is 4.91. The van der Waals surface area contributed by atoms with E-state index in [1.54, 1.807) is 11.0 Å². The minimum Gasteiger partial charge on any atom is -0.480 e. The van der Waals surface area contributed by atoms with Gasteiger partial charge in [-0.05, 0) is 6.42 Å². The van der Waals surface area contributed by atoms with Gasteiger partial charge in [0.1, 0.15) is 0 Å². The summed E-state index contributed by atoms with van der Waals surface area (Å²) in [5.41, 5.74) is 6.13. The number of pyridine rings is 1. The van der Waals surface area contributed by atoms with Crippen LogP contribution in [0.1, 0.15) is 13.3 Å². The summed E-state index contributed by atoms with van der Waals surface area (Å²) in [6, 6.07) is 1.69. The Labute approximate surface area is 87.8 Å². The molecule has 0 unspecified atom stereocenters. The van der Waals surface area contributed by atoms with Crippen molar-refractivity contribution in [1.82, 2.24) is 4.98 Å². The molecule has 2 heterocycles. The summed E-state index contributed by atoms with van der Waals surface area (Å²) in [5, 5.41) is 0. The number of ether oxygens (including phenoxy) is 1. The Morgan fingerprint density at radius 2 is 2.47 bits per heavy atom. The van der Waals surface area contributed by atoms with Crippen molar-refractivity contribution in [3.63, 3.8) is 0 Å². The van der Waals surface area contributed by atoms with E-state index in [1.165, 1.54) is 6.20 Å². The van der Waals surface area contributed by atoms with Crippen LogP contribution >= 0.6 is 0 Å². The van der Waals surface area contributed by atoms with Crippen LogP contribution in [0.15, 0.2) is 12.3 Å². The van der Waals surface area contributed by atoms with Crippen LogP contribution in [0.3, 0.4) is 0 Å². The molecule has 2 N–H and O–H groups in total. The molecule has 5 nitrogen and oxygen atoms in total. The molecule has 1 amide bonds. The lowest BCUT2D eigenvalue weighted by molar-refractivity contribution is -0.121. The number of aromatic nitrogens is 1. The van der Waals surface area contributed by atoms with E-state index in [0.717, 1.165) is 6.42 Å². The molecule has 1 aromatic rings. The van der Waals surface area contributed by atoms with Gasteiger partial charge in [-0.1, -0.05) is 6.92 Å². The van der Waals surface area contributed by atoms with Gasteiger partial charge in [-0.25, -0.2) is 4.98 Å². The van der Waals surface area contributed by atoms with Gasteiger partial charge in [0.2, 0.25) is 0 Å². The summed E-state index contributed by atoms with van der Waals surface area (Å²) in [7, 11) is 0. The molecule has 1 aliphatic rings. The van der Waals surface area contributed by atoms with Crippen LogP contribution in [0, 0.1) is 0 Å². The van der Waals surface area contributed by atoms with E-state index in [9.17, 15) is 4.79 Å². The van der Waals surface area contributed by atoms with Crippen LogP contribution in [0.4, 0.5) is 11.5 Å². The third kappa shape index (κ3) is 1.72. The third-order valence-electron chi connectivity index (χ3n) is 2.21. The molecule has 0 radical (unpaired) electrons. The lowest BCUT2D eigenvalue weighted by Gasteiger charge is -2.27. The van der Waals surface area contributed by atoms with E-state index in [-0.39, 0.29) is 12.5 Å². The first-order valence-corrected chi connectivity index (χ1v) is 4.91. The van der Waals surface area contributed by atoms with Crippen LogP contribution in [0.25, 0.3) is 0 Å². The standard InChI is InChI=1S/C10H13N3O2/c1-2-3-13-9(14)6-15-8-4-7(11)5-12-10(8)13/h4-5H,2-3,6,11H2,1H3. The molecule has 0 aromatic carbocycles. The second-order valence-corrected chi connectivity index (χ2v) is 3.42. The monoisotopic (exact) mass is 207 g/mol. The number of amides is 1. The maximum absolute atomic E-state index is 11.6. The number of hydrogen-bond donors (Lipinski definition) is 1. The maximum atomic E-state index is 11.6. The van der Waals surface area contributed by atoms with Gasteiger partial charge in [-0.3, -0.25) is 9.69 Å². The van der Waals surface area contributed by atoms with Gasteiger partial charge in [-0.2, -0.15) is 0 Å². The Morgan fingerprint density at radius 3 is 3.20 bits per heavy atom. The molecule has 0 atom stereocenters. The van der Waals surface area contributed by atoms with E-state index in [2.05, 4.69) is 4.98 Å². The Balaban J connectivity index is 2.39. The number of nitrogens with zero attached hydrogens (tertiary/aromatic N) is 2. The van der Waals surface area contributed by atoms with Gasteiger partial charge in [0.15, 0.2) is 18.2 Å². The molecule has 0 fully saturated rings. The molecule has 5 heteroatoms. The predicted molar refractivity (Wildman–Crippen MR) is 56.8 cm³/mol. The largest absolute Gasteiger partial charge is 0.480 e. The van der Waals surface area contributed by atoms with Crippen molar-refractivity contribution in [3.05, 3.63) is 12.3 Å². The zero-order valence-electron chi connectivity index (χ0n) is 8.56. The minimum absolute atomic E-state index is 0.0541. The van der Waals surface area contributed by atoms with Gasteiger partial charge >= 0.3 is 0 Å². The van der Waals surface area contributed by atoms with Crippen LogP contribution in [0.2, 0.25) is 0 Å². The number of nitrogens with two attached hydrogens (primary N) is 1. The Morgan fingerprint density at radius 1 is 1.67 bits per heavy atom. The fourth-order valence-electron chi connectivity index (χ4n) is 1.55. The molecule has 2 rings (SSSR count). The van der Waals surface area contributed by atoms with Crippen LogP contribution < -0.4 is 15.4 Å². The predicted octanol–water partition coefficient (Wildman–Crippen LogP) is 0.799. The average molecular weight is 207 g/mol. The first kappa shape index (κ1) is 9.76. The third-order valence-corrected chi connectivity index (χ3v) is 2.21. The number of fused-ring (bicyclic) bond motifs is 1. The van der Waals surface area contributed by atoms with Gasteiger partial charge in [0.25, 0.3) is 5.91 Å². The highest BCUT2D eigenvalue weighted by Gasteiger charge is 2.25. The van der Waals surface area contributed by atoms with Crippen molar-refractivity contribution >= 4 is 17.4 Å². The summed E-state index contributed by atoms with van der Waals surface area (Å²) in [6.45, 7) is 2.74. The van der Waals surface area contributed by atoms with Gasteiger partial charge in [0, 0.05) is 12.6 Å². The number of carbonyl (C=O) groups excluding carboxylic acids is 1. The van der Waals surface area contributed by atoms with Gasteiger partial charge in [-0.15, -0.1) is 0 Å². The quantitative estimate of drug-likeness (QED) is 0.778. The van der Waals surface area contributed by atoms with Crippen molar-refractivity contribution in [2.75, 3.05) is 23.8 Å². The van der Waals surface area contributed by atoms with Crippen LogP contribution in [-0.2, 0) is 4.79 Å². The SMILES string of the molecule is CCCN1C(=O)COc2cc(N)cnc21. The molecular weight excluding hydrogens is 194 g/mol. The van der Waals surface area contributed by atoms with Crippen LogP contribution in [-0.4, -0.2) is 24.0 Å². The zero-order chi connectivity index (χ0) is 10.8. The minimum atomic E-state index is -0.0541.